The zero-order valence-corrected chi connectivity index (χ0v) is 12.1. The minimum absolute atomic E-state index is 0.0970. The third-order valence-corrected chi connectivity index (χ3v) is 5.59. The molecular formula is C17H19N3O. The number of benzene rings is 1. The van der Waals surface area contributed by atoms with Crippen LogP contribution in [0.15, 0.2) is 24.3 Å². The van der Waals surface area contributed by atoms with Gasteiger partial charge in [0.25, 0.3) is 0 Å². The minimum Gasteiger partial charge on any atom is -0.356 e. The lowest BCUT2D eigenvalue weighted by atomic mass is 9.77. The van der Waals surface area contributed by atoms with E-state index in [1.165, 1.54) is 28.6 Å². The fraction of sp³-hybridized carbons (Fsp3) is 0.471. The number of aromatic amines is 1. The lowest BCUT2D eigenvalue weighted by Crippen LogP contribution is -2.67. The van der Waals surface area contributed by atoms with Gasteiger partial charge in [0.15, 0.2) is 0 Å². The first-order chi connectivity index (χ1) is 10.3. The summed E-state index contributed by atoms with van der Waals surface area (Å²) in [7, 11) is 0. The number of hydrogen-bond donors (Lipinski definition) is 1. The van der Waals surface area contributed by atoms with Crippen molar-refractivity contribution in [3.05, 3.63) is 35.5 Å². The number of rotatable bonds is 0. The lowest BCUT2D eigenvalue weighted by Gasteiger charge is -2.55. The van der Waals surface area contributed by atoms with Crippen molar-refractivity contribution in [3.63, 3.8) is 0 Å². The average Bonchev–Trinajstić information content (AvgIpc) is 2.87. The molecule has 2 fully saturated rings. The van der Waals surface area contributed by atoms with Gasteiger partial charge in [-0.1, -0.05) is 18.2 Å². The summed E-state index contributed by atoms with van der Waals surface area (Å²) >= 11 is 0. The first-order valence-corrected chi connectivity index (χ1v) is 7.91. The number of piperidine rings is 1. The summed E-state index contributed by atoms with van der Waals surface area (Å²) in [5.41, 5.74) is 3.88. The van der Waals surface area contributed by atoms with Crippen molar-refractivity contribution >= 4 is 16.8 Å². The number of nitrogens with one attached hydrogen (secondary N) is 1. The largest absolute Gasteiger partial charge is 0.356 e. The zero-order valence-electron chi connectivity index (χ0n) is 12.1. The highest BCUT2D eigenvalue weighted by Crippen LogP contribution is 2.45. The van der Waals surface area contributed by atoms with E-state index in [0.29, 0.717) is 12.5 Å². The molecule has 4 nitrogen and oxygen atoms in total. The van der Waals surface area contributed by atoms with Crippen LogP contribution in [0.1, 0.15) is 24.1 Å². The van der Waals surface area contributed by atoms with Crippen molar-refractivity contribution in [2.45, 2.75) is 24.8 Å². The Morgan fingerprint density at radius 1 is 1.19 bits per heavy atom. The molecule has 5 rings (SSSR count). The Hall–Kier alpha value is -1.81. The van der Waals surface area contributed by atoms with Gasteiger partial charge in [-0.2, -0.15) is 0 Å². The third kappa shape index (κ3) is 1.41. The van der Waals surface area contributed by atoms with Crippen molar-refractivity contribution in [2.24, 2.45) is 0 Å². The molecule has 4 heterocycles. The molecule has 2 unspecified atom stereocenters. The van der Waals surface area contributed by atoms with Crippen LogP contribution in [0.3, 0.4) is 0 Å². The van der Waals surface area contributed by atoms with E-state index in [1.54, 1.807) is 0 Å². The van der Waals surface area contributed by atoms with Gasteiger partial charge >= 0.3 is 0 Å². The Bertz CT molecular complexity index is 750. The molecule has 3 aliphatic heterocycles. The molecule has 2 aromatic rings. The highest BCUT2D eigenvalue weighted by Gasteiger charge is 2.52. The summed E-state index contributed by atoms with van der Waals surface area (Å²) in [6.07, 6.45) is 3.25. The maximum Gasteiger partial charge on any atom is 0.237 e. The second kappa shape index (κ2) is 3.89. The van der Waals surface area contributed by atoms with Gasteiger partial charge in [-0.05, 0) is 37.4 Å². The predicted octanol–water partition coefficient (Wildman–Crippen LogP) is 1.86. The van der Waals surface area contributed by atoms with Gasteiger partial charge in [0, 0.05) is 29.7 Å². The topological polar surface area (TPSA) is 39.3 Å². The van der Waals surface area contributed by atoms with E-state index in [1.807, 2.05) is 0 Å². The van der Waals surface area contributed by atoms with Crippen LogP contribution in [0.2, 0.25) is 0 Å². The number of hydrogen-bond acceptors (Lipinski definition) is 2. The second-order valence-electron chi connectivity index (χ2n) is 6.67. The Kier molecular flexibility index (Phi) is 2.19. The quantitative estimate of drug-likeness (QED) is 0.800. The summed E-state index contributed by atoms with van der Waals surface area (Å²) in [6, 6.07) is 8.56. The van der Waals surface area contributed by atoms with Crippen LogP contribution in [-0.4, -0.2) is 46.9 Å². The minimum atomic E-state index is -0.0970. The van der Waals surface area contributed by atoms with Crippen molar-refractivity contribution in [1.29, 1.82) is 0 Å². The van der Waals surface area contributed by atoms with E-state index in [2.05, 4.69) is 39.0 Å². The number of aromatic nitrogens is 1. The van der Waals surface area contributed by atoms with Crippen molar-refractivity contribution in [2.75, 3.05) is 26.2 Å². The van der Waals surface area contributed by atoms with Crippen LogP contribution in [-0.2, 0) is 16.8 Å². The molecule has 1 aromatic heterocycles. The molecule has 0 saturated carbocycles. The van der Waals surface area contributed by atoms with Crippen LogP contribution >= 0.6 is 0 Å². The molecule has 1 N–H and O–H groups in total. The van der Waals surface area contributed by atoms with Crippen molar-refractivity contribution in [3.8, 4) is 0 Å². The average molecular weight is 281 g/mol. The molecule has 4 heteroatoms. The predicted molar refractivity (Wildman–Crippen MR) is 81.1 cm³/mol. The van der Waals surface area contributed by atoms with Gasteiger partial charge in [-0.25, -0.2) is 0 Å². The number of carbonyl (C=O) groups excluding carboxylic acids is 1. The van der Waals surface area contributed by atoms with Crippen molar-refractivity contribution < 1.29 is 4.79 Å². The normalized spacial score (nSPS) is 31.1. The number of fused-ring (bicyclic) bond motifs is 4. The van der Waals surface area contributed by atoms with Gasteiger partial charge in [0.2, 0.25) is 5.91 Å². The fourth-order valence-electron chi connectivity index (χ4n) is 4.75. The second-order valence-corrected chi connectivity index (χ2v) is 6.67. The van der Waals surface area contributed by atoms with Crippen LogP contribution in [0, 0.1) is 0 Å². The van der Waals surface area contributed by atoms with E-state index < -0.39 is 0 Å². The first-order valence-electron chi connectivity index (χ1n) is 7.91. The fourth-order valence-corrected chi connectivity index (χ4v) is 4.75. The van der Waals surface area contributed by atoms with Crippen LogP contribution in [0.5, 0.6) is 0 Å². The Labute approximate surface area is 123 Å². The summed E-state index contributed by atoms with van der Waals surface area (Å²) in [5.74, 6) is 0.310. The number of amides is 1. The lowest BCUT2D eigenvalue weighted by molar-refractivity contribution is -0.153. The third-order valence-electron chi connectivity index (χ3n) is 5.59. The van der Waals surface area contributed by atoms with E-state index >= 15 is 0 Å². The van der Waals surface area contributed by atoms with Gasteiger partial charge < -0.3 is 9.88 Å². The number of para-hydroxylation sites is 1. The van der Waals surface area contributed by atoms with E-state index in [4.69, 9.17) is 0 Å². The van der Waals surface area contributed by atoms with Crippen LogP contribution in [0.4, 0.5) is 0 Å². The number of carbonyl (C=O) groups is 1. The molecular weight excluding hydrogens is 262 g/mol. The highest BCUT2D eigenvalue weighted by molar-refractivity contribution is 5.87. The van der Waals surface area contributed by atoms with Gasteiger partial charge in [0.05, 0.1) is 12.1 Å². The van der Waals surface area contributed by atoms with Gasteiger partial charge in [-0.15, -0.1) is 0 Å². The maximum atomic E-state index is 12.5. The highest BCUT2D eigenvalue weighted by atomic mass is 16.2. The summed E-state index contributed by atoms with van der Waals surface area (Å²) in [4.78, 5) is 20.7. The van der Waals surface area contributed by atoms with Crippen LogP contribution < -0.4 is 0 Å². The Balaban J connectivity index is 1.77. The smallest absolute Gasteiger partial charge is 0.237 e. The SMILES string of the molecule is O=C1CN2CCCC3(C2)c2[nH]c4ccccc4c2CCN13. The maximum absolute atomic E-state index is 12.5. The standard InChI is InChI=1S/C17H19N3O/c21-15-10-19-8-3-7-17(11-19)16-13(6-9-20(15)17)12-4-1-2-5-14(12)18-16/h1-2,4-5,18H,3,6-11H2. The molecule has 108 valence electrons. The van der Waals surface area contributed by atoms with Gasteiger partial charge in [-0.3, -0.25) is 9.69 Å². The molecule has 21 heavy (non-hydrogen) atoms. The molecule has 2 bridgehead atoms. The van der Waals surface area contributed by atoms with E-state index in [9.17, 15) is 4.79 Å². The Morgan fingerprint density at radius 2 is 2.10 bits per heavy atom. The number of nitrogens with zero attached hydrogens (tertiary/aromatic N) is 2. The molecule has 3 aliphatic rings. The molecule has 0 radical (unpaired) electrons. The van der Waals surface area contributed by atoms with E-state index in [-0.39, 0.29) is 5.54 Å². The molecule has 1 aromatic carbocycles. The summed E-state index contributed by atoms with van der Waals surface area (Å²) < 4.78 is 0. The van der Waals surface area contributed by atoms with E-state index in [0.717, 1.165) is 32.5 Å². The molecule has 2 atom stereocenters. The number of piperazine rings is 1. The van der Waals surface area contributed by atoms with Crippen LogP contribution in [0.25, 0.3) is 10.9 Å². The molecule has 0 aliphatic carbocycles. The molecule has 2 saturated heterocycles. The van der Waals surface area contributed by atoms with Crippen molar-refractivity contribution in [1.82, 2.24) is 14.8 Å². The first kappa shape index (κ1) is 11.8. The summed E-state index contributed by atoms with van der Waals surface area (Å²) in [6.45, 7) is 3.55. The zero-order chi connectivity index (χ0) is 14.0. The Morgan fingerprint density at radius 3 is 3.05 bits per heavy atom. The monoisotopic (exact) mass is 281 g/mol. The molecule has 1 amide bonds. The summed E-state index contributed by atoms with van der Waals surface area (Å²) in [5, 5.41) is 1.34. The molecule has 1 spiro atoms. The van der Waals surface area contributed by atoms with Gasteiger partial charge in [0.1, 0.15) is 0 Å². The number of H-pyrrole nitrogens is 1.